The molecule has 7 nitrogen and oxygen atoms in total. The number of aromatic nitrogens is 1. The summed E-state index contributed by atoms with van der Waals surface area (Å²) in [4.78, 5) is 29.8. The fraction of sp³-hybridized carbons (Fsp3) is 0.353. The van der Waals surface area contributed by atoms with Crippen molar-refractivity contribution < 1.29 is 24.2 Å². The van der Waals surface area contributed by atoms with Crippen LogP contribution in [0.15, 0.2) is 23.6 Å². The number of thiazole rings is 1. The van der Waals surface area contributed by atoms with Gasteiger partial charge in [0.2, 0.25) is 6.79 Å². The molecular formula is C17H16N2O5S. The molecule has 1 N–H and O–H groups in total. The van der Waals surface area contributed by atoms with Gasteiger partial charge < -0.3 is 19.5 Å². The van der Waals surface area contributed by atoms with Gasteiger partial charge in [-0.3, -0.25) is 9.59 Å². The van der Waals surface area contributed by atoms with Crippen molar-refractivity contribution >= 4 is 23.2 Å². The molecule has 130 valence electrons. The van der Waals surface area contributed by atoms with Gasteiger partial charge in [0, 0.05) is 23.5 Å². The number of hydrogen-bond acceptors (Lipinski definition) is 6. The molecule has 0 spiro atoms. The predicted octanol–water partition coefficient (Wildman–Crippen LogP) is 2.62. The number of fused-ring (bicyclic) bond motifs is 1. The summed E-state index contributed by atoms with van der Waals surface area (Å²) in [6.45, 7) is 0.786. The first-order valence-corrected chi connectivity index (χ1v) is 8.88. The Morgan fingerprint density at radius 3 is 3.00 bits per heavy atom. The highest BCUT2D eigenvalue weighted by atomic mass is 32.1. The second-order valence-corrected chi connectivity index (χ2v) is 6.86. The molecule has 2 aliphatic rings. The van der Waals surface area contributed by atoms with Crippen LogP contribution in [0, 0.1) is 0 Å². The van der Waals surface area contributed by atoms with Crippen molar-refractivity contribution in [3.8, 4) is 22.1 Å². The van der Waals surface area contributed by atoms with E-state index in [4.69, 9.17) is 14.6 Å². The summed E-state index contributed by atoms with van der Waals surface area (Å²) in [5.41, 5.74) is 1.21. The van der Waals surface area contributed by atoms with Gasteiger partial charge in [-0.15, -0.1) is 11.3 Å². The Kier molecular flexibility index (Phi) is 4.04. The van der Waals surface area contributed by atoms with Crippen LogP contribution in [0.1, 0.15) is 29.8 Å². The lowest BCUT2D eigenvalue weighted by molar-refractivity contribution is -0.137. The number of rotatable bonds is 4. The van der Waals surface area contributed by atoms with Crippen LogP contribution < -0.4 is 9.47 Å². The molecule has 2 aliphatic heterocycles. The number of carboxylic acids is 1. The molecule has 25 heavy (non-hydrogen) atoms. The van der Waals surface area contributed by atoms with Crippen molar-refractivity contribution in [3.63, 3.8) is 0 Å². The lowest BCUT2D eigenvalue weighted by Crippen LogP contribution is -2.37. The number of nitrogens with zero attached hydrogens (tertiary/aromatic N) is 2. The van der Waals surface area contributed by atoms with Crippen LogP contribution >= 0.6 is 11.3 Å². The van der Waals surface area contributed by atoms with Crippen LogP contribution in [0.2, 0.25) is 0 Å². The summed E-state index contributed by atoms with van der Waals surface area (Å²) in [5.74, 6) is 0.280. The zero-order valence-corrected chi connectivity index (χ0v) is 14.1. The highest BCUT2D eigenvalue weighted by Gasteiger charge is 2.32. The van der Waals surface area contributed by atoms with E-state index in [2.05, 4.69) is 4.98 Å². The molecule has 1 unspecified atom stereocenters. The van der Waals surface area contributed by atoms with Crippen LogP contribution in [0.5, 0.6) is 11.5 Å². The Labute approximate surface area is 147 Å². The molecule has 1 saturated heterocycles. The number of aliphatic carboxylic acids is 1. The summed E-state index contributed by atoms with van der Waals surface area (Å²) < 4.78 is 10.7. The van der Waals surface area contributed by atoms with Crippen LogP contribution in [0.3, 0.4) is 0 Å². The molecule has 1 atom stereocenters. The highest BCUT2D eigenvalue weighted by molar-refractivity contribution is 7.13. The van der Waals surface area contributed by atoms with Gasteiger partial charge in [-0.05, 0) is 31.0 Å². The van der Waals surface area contributed by atoms with Gasteiger partial charge >= 0.3 is 5.97 Å². The number of likely N-dealkylation sites (tertiary alicyclic amines) is 1. The Morgan fingerprint density at radius 1 is 1.32 bits per heavy atom. The lowest BCUT2D eigenvalue weighted by Gasteiger charge is -2.22. The molecule has 2 aromatic rings. The molecule has 1 aromatic heterocycles. The van der Waals surface area contributed by atoms with Crippen molar-refractivity contribution in [2.75, 3.05) is 13.3 Å². The number of ether oxygens (including phenoxy) is 2. The van der Waals surface area contributed by atoms with E-state index in [0.717, 1.165) is 23.4 Å². The molecule has 0 saturated carbocycles. The molecule has 1 fully saturated rings. The third-order valence-electron chi connectivity index (χ3n) is 4.39. The minimum atomic E-state index is -0.885. The maximum atomic E-state index is 12.7. The second kappa shape index (κ2) is 6.36. The van der Waals surface area contributed by atoms with Gasteiger partial charge in [-0.25, -0.2) is 4.98 Å². The summed E-state index contributed by atoms with van der Waals surface area (Å²) in [5, 5.41) is 11.4. The predicted molar refractivity (Wildman–Crippen MR) is 90.0 cm³/mol. The van der Waals surface area contributed by atoms with E-state index in [1.807, 2.05) is 18.2 Å². The minimum absolute atomic E-state index is 0.0229. The second-order valence-electron chi connectivity index (χ2n) is 6.00. The monoisotopic (exact) mass is 360 g/mol. The largest absolute Gasteiger partial charge is 0.481 e. The van der Waals surface area contributed by atoms with E-state index in [-0.39, 0.29) is 25.2 Å². The van der Waals surface area contributed by atoms with Gasteiger partial charge in [0.1, 0.15) is 10.7 Å². The molecule has 1 amide bonds. The van der Waals surface area contributed by atoms with Crippen molar-refractivity contribution in [3.05, 3.63) is 29.3 Å². The maximum absolute atomic E-state index is 12.7. The van der Waals surface area contributed by atoms with E-state index in [1.54, 1.807) is 10.3 Å². The number of carbonyl (C=O) groups is 2. The Morgan fingerprint density at radius 2 is 2.16 bits per heavy atom. The minimum Gasteiger partial charge on any atom is -0.481 e. The number of carboxylic acid groups (broad SMARTS) is 1. The molecule has 1 aromatic carbocycles. The number of benzene rings is 1. The number of carbonyl (C=O) groups excluding carboxylic acids is 1. The molecule has 0 bridgehead atoms. The van der Waals surface area contributed by atoms with Gasteiger partial charge in [0.15, 0.2) is 11.5 Å². The van der Waals surface area contributed by atoms with Crippen LogP contribution in [0.25, 0.3) is 10.6 Å². The Balaban J connectivity index is 1.54. The third kappa shape index (κ3) is 3.05. The fourth-order valence-corrected chi connectivity index (χ4v) is 3.99. The van der Waals surface area contributed by atoms with Gasteiger partial charge in [0.25, 0.3) is 5.91 Å². The maximum Gasteiger partial charge on any atom is 0.305 e. The number of amides is 1. The van der Waals surface area contributed by atoms with E-state index in [1.165, 1.54) is 11.3 Å². The van der Waals surface area contributed by atoms with E-state index < -0.39 is 5.97 Å². The van der Waals surface area contributed by atoms with Crippen molar-refractivity contribution in [1.29, 1.82) is 0 Å². The summed E-state index contributed by atoms with van der Waals surface area (Å²) >= 11 is 1.38. The third-order valence-corrected chi connectivity index (χ3v) is 5.28. The van der Waals surface area contributed by atoms with Crippen molar-refractivity contribution in [2.24, 2.45) is 0 Å². The highest BCUT2D eigenvalue weighted by Crippen LogP contribution is 2.37. The van der Waals surface area contributed by atoms with E-state index in [0.29, 0.717) is 23.7 Å². The van der Waals surface area contributed by atoms with Crippen LogP contribution in [-0.4, -0.2) is 46.2 Å². The van der Waals surface area contributed by atoms with Gasteiger partial charge in [-0.2, -0.15) is 0 Å². The first-order valence-electron chi connectivity index (χ1n) is 8.00. The van der Waals surface area contributed by atoms with Crippen molar-refractivity contribution in [1.82, 2.24) is 9.88 Å². The molecule has 4 rings (SSSR count). The zero-order chi connectivity index (χ0) is 17.4. The molecular weight excluding hydrogens is 344 g/mol. The molecule has 0 aliphatic carbocycles. The molecule has 3 heterocycles. The normalized spacial score (nSPS) is 18.6. The molecule has 0 radical (unpaired) electrons. The van der Waals surface area contributed by atoms with Crippen LogP contribution in [-0.2, 0) is 4.79 Å². The van der Waals surface area contributed by atoms with Crippen LogP contribution in [0.4, 0.5) is 0 Å². The summed E-state index contributed by atoms with van der Waals surface area (Å²) in [6.07, 6.45) is 1.52. The lowest BCUT2D eigenvalue weighted by atomic mass is 10.1. The van der Waals surface area contributed by atoms with E-state index in [9.17, 15) is 9.59 Å². The first kappa shape index (κ1) is 15.9. The first-order chi connectivity index (χ1) is 12.1. The van der Waals surface area contributed by atoms with E-state index >= 15 is 0 Å². The van der Waals surface area contributed by atoms with Gasteiger partial charge in [-0.1, -0.05) is 0 Å². The fourth-order valence-electron chi connectivity index (χ4n) is 3.20. The average Bonchev–Trinajstić information content (AvgIpc) is 3.33. The zero-order valence-electron chi connectivity index (χ0n) is 13.3. The topological polar surface area (TPSA) is 89.0 Å². The van der Waals surface area contributed by atoms with Crippen molar-refractivity contribution in [2.45, 2.75) is 25.3 Å². The molecule has 8 heteroatoms. The smallest absolute Gasteiger partial charge is 0.305 e. The Bertz CT molecular complexity index is 834. The van der Waals surface area contributed by atoms with Gasteiger partial charge in [0.05, 0.1) is 6.42 Å². The quantitative estimate of drug-likeness (QED) is 0.902. The average molecular weight is 360 g/mol. The SMILES string of the molecule is O=C(O)CC1CCCN1C(=O)c1csc(-c2ccc3c(c2)OCO3)n1. The standard InChI is InChI=1S/C17H16N2O5S/c20-15(21)7-11-2-1-5-19(11)17(22)12-8-25-16(18-12)10-3-4-13-14(6-10)24-9-23-13/h3-4,6,8,11H,1-2,5,7,9H2,(H,20,21). The number of hydrogen-bond donors (Lipinski definition) is 1. The summed E-state index contributed by atoms with van der Waals surface area (Å²) in [7, 11) is 0. The Hall–Kier alpha value is -2.61. The summed E-state index contributed by atoms with van der Waals surface area (Å²) in [6, 6.07) is 5.30.